The number of rotatable bonds is 2. The van der Waals surface area contributed by atoms with Crippen LogP contribution in [0.5, 0.6) is 0 Å². The van der Waals surface area contributed by atoms with Crippen molar-refractivity contribution in [2.75, 3.05) is 13.2 Å². The smallest absolute Gasteiger partial charge is 0.326 e. The predicted molar refractivity (Wildman–Crippen MR) is 63.2 cm³/mol. The number of nitrogens with zero attached hydrogens (tertiary/aromatic N) is 1. The number of urea groups is 1. The highest BCUT2D eigenvalue weighted by Gasteiger charge is 2.48. The second kappa shape index (κ2) is 5.99. The zero-order chi connectivity index (χ0) is 13.4. The number of carbonyl (C=O) groups is 2. The fourth-order valence-corrected chi connectivity index (χ4v) is 2.00. The average molecular weight is 298 g/mol. The summed E-state index contributed by atoms with van der Waals surface area (Å²) in [4.78, 5) is 23.8. The van der Waals surface area contributed by atoms with Gasteiger partial charge < -0.3 is 25.8 Å². The van der Waals surface area contributed by atoms with Crippen LogP contribution in [0.2, 0.25) is 0 Å². The molecule has 0 aliphatic carbocycles. The van der Waals surface area contributed by atoms with Crippen LogP contribution in [-0.2, 0) is 9.53 Å². The summed E-state index contributed by atoms with van der Waals surface area (Å²) in [7, 11) is 0. The zero-order valence-electron chi connectivity index (χ0n) is 9.80. The van der Waals surface area contributed by atoms with Gasteiger partial charge in [0.05, 0.1) is 6.61 Å². The Morgan fingerprint density at radius 3 is 2.53 bits per heavy atom. The number of carbonyl (C=O) groups excluding carboxylic acids is 2. The third kappa shape index (κ3) is 2.81. The van der Waals surface area contributed by atoms with E-state index in [1.54, 1.807) is 0 Å². The highest BCUT2D eigenvalue weighted by molar-refractivity contribution is 5.99. The van der Waals surface area contributed by atoms with Crippen LogP contribution in [0.1, 0.15) is 0 Å². The molecule has 0 spiro atoms. The second-order valence-electron chi connectivity index (χ2n) is 4.28. The van der Waals surface area contributed by atoms with Gasteiger partial charge in [0.25, 0.3) is 0 Å². The normalized spacial score (nSPS) is 38.9. The number of aliphatic hydroxyl groups is 3. The minimum Gasteiger partial charge on any atom is -0.394 e. The first-order valence-electron chi connectivity index (χ1n) is 5.45. The van der Waals surface area contributed by atoms with Gasteiger partial charge in [-0.15, -0.1) is 12.4 Å². The number of ether oxygens (including phenoxy) is 1. The maximum atomic E-state index is 11.6. The lowest BCUT2D eigenvalue weighted by Gasteiger charge is -2.35. The van der Waals surface area contributed by atoms with Crippen LogP contribution in [0.4, 0.5) is 4.79 Å². The first kappa shape index (κ1) is 16.1. The van der Waals surface area contributed by atoms with Crippen molar-refractivity contribution in [2.24, 2.45) is 5.73 Å². The van der Waals surface area contributed by atoms with Gasteiger partial charge in [-0.2, -0.15) is 0 Å². The molecule has 0 aromatic heterocycles. The van der Waals surface area contributed by atoms with Gasteiger partial charge in [-0.1, -0.05) is 0 Å². The lowest BCUT2D eigenvalue weighted by Crippen LogP contribution is -2.64. The summed E-state index contributed by atoms with van der Waals surface area (Å²) in [5.74, 6) is -0.608. The predicted octanol–water partition coefficient (Wildman–Crippen LogP) is -3.27. The van der Waals surface area contributed by atoms with Gasteiger partial charge >= 0.3 is 6.03 Å². The molecule has 19 heavy (non-hydrogen) atoms. The molecule has 0 radical (unpaired) electrons. The molecule has 6 N–H and O–H groups in total. The maximum absolute atomic E-state index is 11.6. The third-order valence-electron chi connectivity index (χ3n) is 3.05. The number of nitrogens with two attached hydrogens (primary N) is 1. The SMILES string of the molecule is Cl.NC1CN(C2OC(CO)C(O)C2O)C(=O)NC1=O. The Kier molecular flexibility index (Phi) is 5.07. The summed E-state index contributed by atoms with van der Waals surface area (Å²) in [6.45, 7) is -0.619. The van der Waals surface area contributed by atoms with Crippen molar-refractivity contribution in [1.82, 2.24) is 10.2 Å². The number of hydrogen-bond donors (Lipinski definition) is 5. The summed E-state index contributed by atoms with van der Waals surface area (Å²) in [5.41, 5.74) is 5.49. The van der Waals surface area contributed by atoms with Crippen LogP contribution in [0.15, 0.2) is 0 Å². The molecule has 5 unspecified atom stereocenters. The third-order valence-corrected chi connectivity index (χ3v) is 3.05. The molecule has 0 aromatic carbocycles. The van der Waals surface area contributed by atoms with E-state index in [-0.39, 0.29) is 19.0 Å². The van der Waals surface area contributed by atoms with Crippen molar-refractivity contribution in [2.45, 2.75) is 30.6 Å². The number of nitrogens with one attached hydrogen (secondary N) is 1. The highest BCUT2D eigenvalue weighted by Crippen LogP contribution is 2.24. The fraction of sp³-hybridized carbons (Fsp3) is 0.778. The van der Waals surface area contributed by atoms with Crippen LogP contribution in [0, 0.1) is 0 Å². The summed E-state index contributed by atoms with van der Waals surface area (Å²) in [6.07, 6.45) is -4.79. The lowest BCUT2D eigenvalue weighted by molar-refractivity contribution is -0.127. The molecule has 0 aromatic rings. The van der Waals surface area contributed by atoms with Crippen LogP contribution >= 0.6 is 12.4 Å². The van der Waals surface area contributed by atoms with Crippen molar-refractivity contribution >= 4 is 24.3 Å². The molecule has 110 valence electrons. The molecule has 2 heterocycles. The van der Waals surface area contributed by atoms with Crippen molar-refractivity contribution < 1.29 is 29.6 Å². The van der Waals surface area contributed by atoms with E-state index in [0.717, 1.165) is 4.90 Å². The highest BCUT2D eigenvalue weighted by atomic mass is 35.5. The minimum atomic E-state index is -1.37. The Morgan fingerprint density at radius 1 is 1.37 bits per heavy atom. The van der Waals surface area contributed by atoms with Crippen LogP contribution in [0.3, 0.4) is 0 Å². The molecule has 2 saturated heterocycles. The molecule has 0 bridgehead atoms. The molecule has 2 aliphatic heterocycles. The Labute approximate surface area is 114 Å². The Hall–Kier alpha value is -0.970. The summed E-state index contributed by atoms with van der Waals surface area (Å²) < 4.78 is 5.18. The first-order chi connectivity index (χ1) is 8.45. The van der Waals surface area contributed by atoms with E-state index < -0.39 is 49.1 Å². The molecular weight excluding hydrogens is 282 g/mol. The standard InChI is InChI=1S/C9H15N3O6.ClH/c10-3-1-12(9(17)11-7(3)16)8-6(15)5(14)4(2-13)18-8;/h3-6,8,13-15H,1-2,10H2,(H,11,16,17);1H. The molecule has 2 rings (SSSR count). The molecule has 3 amide bonds. The summed E-state index contributed by atoms with van der Waals surface area (Å²) in [6, 6.07) is -1.68. The quantitative estimate of drug-likeness (QED) is 0.359. The van der Waals surface area contributed by atoms with Crippen molar-refractivity contribution in [3.63, 3.8) is 0 Å². The Balaban J connectivity index is 0.00000180. The monoisotopic (exact) mass is 297 g/mol. The maximum Gasteiger partial charge on any atom is 0.326 e. The van der Waals surface area contributed by atoms with Crippen LogP contribution < -0.4 is 11.1 Å². The van der Waals surface area contributed by atoms with Gasteiger partial charge in [0.1, 0.15) is 24.4 Å². The van der Waals surface area contributed by atoms with Gasteiger partial charge in [-0.3, -0.25) is 15.0 Å². The van der Waals surface area contributed by atoms with E-state index in [9.17, 15) is 19.8 Å². The first-order valence-corrected chi connectivity index (χ1v) is 5.45. The average Bonchev–Trinajstić information content (AvgIpc) is 2.61. The Bertz CT molecular complexity index is 370. The van der Waals surface area contributed by atoms with Gasteiger partial charge in [0.2, 0.25) is 5.91 Å². The number of amides is 3. The lowest BCUT2D eigenvalue weighted by atomic mass is 10.1. The van der Waals surface area contributed by atoms with Crippen LogP contribution in [0.25, 0.3) is 0 Å². The van der Waals surface area contributed by atoms with E-state index >= 15 is 0 Å². The number of halogens is 1. The van der Waals surface area contributed by atoms with E-state index in [4.69, 9.17) is 15.6 Å². The number of aliphatic hydroxyl groups excluding tert-OH is 3. The van der Waals surface area contributed by atoms with Gasteiger partial charge in [-0.05, 0) is 0 Å². The van der Waals surface area contributed by atoms with Gasteiger partial charge in [-0.25, -0.2) is 4.79 Å². The van der Waals surface area contributed by atoms with E-state index in [2.05, 4.69) is 0 Å². The molecule has 2 fully saturated rings. The molecule has 0 saturated carbocycles. The van der Waals surface area contributed by atoms with Gasteiger partial charge in [0.15, 0.2) is 6.23 Å². The zero-order valence-corrected chi connectivity index (χ0v) is 10.6. The van der Waals surface area contributed by atoms with Crippen LogP contribution in [-0.4, -0.2) is 75.9 Å². The van der Waals surface area contributed by atoms with E-state index in [1.807, 2.05) is 5.32 Å². The molecule has 10 heteroatoms. The second-order valence-corrected chi connectivity index (χ2v) is 4.28. The molecule has 2 aliphatic rings. The summed E-state index contributed by atoms with van der Waals surface area (Å²) in [5, 5.41) is 30.3. The van der Waals surface area contributed by atoms with E-state index in [0.29, 0.717) is 0 Å². The number of imide groups is 1. The Morgan fingerprint density at radius 2 is 2.00 bits per heavy atom. The molecule has 5 atom stereocenters. The summed E-state index contributed by atoms with van der Waals surface area (Å²) >= 11 is 0. The van der Waals surface area contributed by atoms with Crippen molar-refractivity contribution in [3.05, 3.63) is 0 Å². The largest absolute Gasteiger partial charge is 0.394 e. The van der Waals surface area contributed by atoms with E-state index in [1.165, 1.54) is 0 Å². The number of hydrogen-bond acceptors (Lipinski definition) is 7. The van der Waals surface area contributed by atoms with Crippen molar-refractivity contribution in [1.29, 1.82) is 0 Å². The minimum absolute atomic E-state index is 0. The molecular formula is C9H16ClN3O6. The topological polar surface area (TPSA) is 145 Å². The molecule has 9 nitrogen and oxygen atoms in total. The fourth-order valence-electron chi connectivity index (χ4n) is 2.00. The van der Waals surface area contributed by atoms with Crippen molar-refractivity contribution in [3.8, 4) is 0 Å². The van der Waals surface area contributed by atoms with Gasteiger partial charge in [0, 0.05) is 6.54 Å².